The molecule has 2 saturated heterocycles. The van der Waals surface area contributed by atoms with E-state index in [0.29, 0.717) is 18.3 Å². The molecular weight excluding hydrogens is 434 g/mol. The molecule has 0 saturated carbocycles. The molecule has 1 aromatic heterocycles. The second-order valence-electron chi connectivity index (χ2n) is 9.54. The minimum absolute atomic E-state index is 0.0334. The summed E-state index contributed by atoms with van der Waals surface area (Å²) in [5.41, 5.74) is 0. The molecule has 186 valence electrons. The molecule has 2 fully saturated rings. The second kappa shape index (κ2) is 15.3. The number of urea groups is 1. The molecule has 3 heterocycles. The summed E-state index contributed by atoms with van der Waals surface area (Å²) in [5, 5.41) is 6.46. The molecule has 2 amide bonds. The fourth-order valence-corrected chi connectivity index (χ4v) is 6.39. The van der Waals surface area contributed by atoms with Crippen LogP contribution >= 0.6 is 11.8 Å². The van der Waals surface area contributed by atoms with Crippen molar-refractivity contribution in [3.63, 3.8) is 0 Å². The molecule has 2 aliphatic heterocycles. The molecule has 6 nitrogen and oxygen atoms in total. The molecular formula is C26H43N3O3S. The van der Waals surface area contributed by atoms with Gasteiger partial charge in [-0.25, -0.2) is 4.79 Å². The van der Waals surface area contributed by atoms with Crippen molar-refractivity contribution in [2.75, 3.05) is 12.4 Å². The Morgan fingerprint density at radius 2 is 1.58 bits per heavy atom. The van der Waals surface area contributed by atoms with Crippen LogP contribution in [0.15, 0.2) is 24.5 Å². The van der Waals surface area contributed by atoms with Crippen LogP contribution in [0.25, 0.3) is 0 Å². The van der Waals surface area contributed by atoms with Gasteiger partial charge in [0.15, 0.2) is 0 Å². The monoisotopic (exact) mass is 477 g/mol. The van der Waals surface area contributed by atoms with Crippen molar-refractivity contribution in [3.05, 3.63) is 24.5 Å². The van der Waals surface area contributed by atoms with Gasteiger partial charge in [0.1, 0.15) is 0 Å². The maximum Gasteiger partial charge on any atom is 0.315 e. The number of ether oxygens (including phenoxy) is 1. The topological polar surface area (TPSA) is 72.4 Å². The first-order valence-corrected chi connectivity index (χ1v) is 14.2. The summed E-state index contributed by atoms with van der Waals surface area (Å²) in [6, 6.07) is 4.69. The van der Waals surface area contributed by atoms with E-state index in [1.807, 2.05) is 11.8 Å². The first-order valence-electron chi connectivity index (χ1n) is 13.2. The molecule has 2 N–H and O–H groups in total. The molecule has 1 aromatic rings. The number of aromatic nitrogens is 1. The van der Waals surface area contributed by atoms with E-state index in [1.54, 1.807) is 0 Å². The number of fused-ring (bicyclic) bond motifs is 1. The lowest BCUT2D eigenvalue weighted by molar-refractivity contribution is -0.143. The number of thioether (sulfide) groups is 1. The molecule has 3 unspecified atom stereocenters. The summed E-state index contributed by atoms with van der Waals surface area (Å²) in [6.45, 7) is 1.72. The average Bonchev–Trinajstić information content (AvgIpc) is 3.53. The third kappa shape index (κ3) is 10.0. The molecule has 0 aliphatic carbocycles. The normalized spacial score (nSPS) is 21.6. The Labute approximate surface area is 204 Å². The molecule has 0 radical (unpaired) electrons. The van der Waals surface area contributed by atoms with E-state index in [0.717, 1.165) is 44.4 Å². The summed E-state index contributed by atoms with van der Waals surface area (Å²) >= 11 is 1.93. The van der Waals surface area contributed by atoms with Crippen LogP contribution < -0.4 is 10.6 Å². The first-order chi connectivity index (χ1) is 16.2. The van der Waals surface area contributed by atoms with Crippen LogP contribution in [0.3, 0.4) is 0 Å². The highest BCUT2D eigenvalue weighted by Crippen LogP contribution is 2.33. The molecule has 0 bridgehead atoms. The van der Waals surface area contributed by atoms with Crippen molar-refractivity contribution in [2.24, 2.45) is 0 Å². The highest BCUT2D eigenvalue weighted by atomic mass is 32.2. The fraction of sp³-hybridized carbons (Fsp3) is 0.769. The van der Waals surface area contributed by atoms with Crippen molar-refractivity contribution >= 4 is 23.8 Å². The number of nitrogens with one attached hydrogen (secondary N) is 2. The third-order valence-electron chi connectivity index (χ3n) is 6.80. The van der Waals surface area contributed by atoms with Crippen LogP contribution in [0.2, 0.25) is 0 Å². The number of hydrogen-bond acceptors (Lipinski definition) is 4. The maximum atomic E-state index is 11.9. The van der Waals surface area contributed by atoms with Crippen LogP contribution in [-0.4, -0.2) is 46.3 Å². The van der Waals surface area contributed by atoms with E-state index in [2.05, 4.69) is 39.7 Å². The van der Waals surface area contributed by atoms with Gasteiger partial charge < -0.3 is 19.9 Å². The molecule has 2 aliphatic rings. The Kier molecular flexibility index (Phi) is 12.1. The van der Waals surface area contributed by atoms with Gasteiger partial charge in [-0.3, -0.25) is 4.79 Å². The van der Waals surface area contributed by atoms with Gasteiger partial charge in [-0.2, -0.15) is 11.8 Å². The van der Waals surface area contributed by atoms with Crippen molar-refractivity contribution in [1.29, 1.82) is 0 Å². The predicted octanol–water partition coefficient (Wildman–Crippen LogP) is 5.66. The Hall–Kier alpha value is -1.63. The quantitative estimate of drug-likeness (QED) is 0.163. The third-order valence-corrected chi connectivity index (χ3v) is 8.31. The zero-order chi connectivity index (χ0) is 23.1. The summed E-state index contributed by atoms with van der Waals surface area (Å²) in [6.07, 6.45) is 20.4. The van der Waals surface area contributed by atoms with E-state index >= 15 is 0 Å². The Bertz CT molecular complexity index is 682. The molecule has 7 heteroatoms. The first kappa shape index (κ1) is 26.0. The zero-order valence-electron chi connectivity index (χ0n) is 20.1. The van der Waals surface area contributed by atoms with Gasteiger partial charge in [-0.05, 0) is 37.8 Å². The standard InChI is InChI=1S/C26H43N3O3S/c30-24(16-10-9-15-23-25-22(21-33-23)27-26(31)28-25)32-20-14-8-6-4-2-1-3-5-7-11-17-29-18-12-13-19-29/h12-13,18-19,22-23,25H,1-11,14-17,20-21H2,(H2,27,28,31). The second-order valence-corrected chi connectivity index (χ2v) is 10.8. The lowest BCUT2D eigenvalue weighted by atomic mass is 10.0. The number of rotatable bonds is 18. The highest BCUT2D eigenvalue weighted by Gasteiger charge is 2.42. The number of unbranched alkanes of at least 4 members (excludes halogenated alkanes) is 10. The minimum Gasteiger partial charge on any atom is -0.466 e. The van der Waals surface area contributed by atoms with E-state index in [1.165, 1.54) is 51.4 Å². The maximum absolute atomic E-state index is 11.9. The molecule has 33 heavy (non-hydrogen) atoms. The lowest BCUT2D eigenvalue weighted by Gasteiger charge is -2.16. The summed E-state index contributed by atoms with van der Waals surface area (Å²) < 4.78 is 7.66. The number of aryl methyl sites for hydroxylation is 1. The van der Waals surface area contributed by atoms with Gasteiger partial charge in [-0.15, -0.1) is 0 Å². The van der Waals surface area contributed by atoms with E-state index in [-0.39, 0.29) is 24.1 Å². The molecule has 3 atom stereocenters. The van der Waals surface area contributed by atoms with Crippen LogP contribution in [-0.2, 0) is 16.1 Å². The number of amides is 2. The number of carbonyl (C=O) groups is 2. The van der Waals surface area contributed by atoms with E-state index in [9.17, 15) is 9.59 Å². The van der Waals surface area contributed by atoms with Crippen LogP contribution in [0, 0.1) is 0 Å². The van der Waals surface area contributed by atoms with Crippen molar-refractivity contribution in [3.8, 4) is 0 Å². The van der Waals surface area contributed by atoms with Gasteiger partial charge >= 0.3 is 12.0 Å². The Balaban J connectivity index is 1.03. The van der Waals surface area contributed by atoms with Gasteiger partial charge in [0, 0.05) is 36.4 Å². The average molecular weight is 478 g/mol. The Morgan fingerprint density at radius 3 is 2.30 bits per heavy atom. The van der Waals surface area contributed by atoms with Crippen molar-refractivity contribution in [1.82, 2.24) is 15.2 Å². The Morgan fingerprint density at radius 1 is 0.909 bits per heavy atom. The number of esters is 1. The summed E-state index contributed by atoms with van der Waals surface area (Å²) in [5.74, 6) is 0.936. The highest BCUT2D eigenvalue weighted by molar-refractivity contribution is 8.00. The summed E-state index contributed by atoms with van der Waals surface area (Å²) in [4.78, 5) is 23.3. The fourth-order valence-electron chi connectivity index (χ4n) is 4.85. The van der Waals surface area contributed by atoms with E-state index in [4.69, 9.17) is 4.74 Å². The van der Waals surface area contributed by atoms with Gasteiger partial charge in [0.05, 0.1) is 18.7 Å². The van der Waals surface area contributed by atoms with Gasteiger partial charge in [0.2, 0.25) is 0 Å². The van der Waals surface area contributed by atoms with Crippen molar-refractivity contribution in [2.45, 2.75) is 114 Å². The number of hydrogen-bond donors (Lipinski definition) is 2. The molecule has 0 spiro atoms. The number of nitrogens with zero attached hydrogens (tertiary/aromatic N) is 1. The largest absolute Gasteiger partial charge is 0.466 e. The van der Waals surface area contributed by atoms with Gasteiger partial charge in [0.25, 0.3) is 0 Å². The van der Waals surface area contributed by atoms with Crippen LogP contribution in [0.4, 0.5) is 4.79 Å². The van der Waals surface area contributed by atoms with E-state index < -0.39 is 0 Å². The SMILES string of the molecule is O=C1NC2CSC(CCCCC(=O)OCCCCCCCCCCCCn3cccc3)C2N1. The van der Waals surface area contributed by atoms with Gasteiger partial charge in [-0.1, -0.05) is 57.8 Å². The number of carbonyl (C=O) groups excluding carboxylic acids is 2. The smallest absolute Gasteiger partial charge is 0.315 e. The zero-order valence-corrected chi connectivity index (χ0v) is 21.0. The minimum atomic E-state index is -0.0560. The van der Waals surface area contributed by atoms with Crippen LogP contribution in [0.5, 0.6) is 0 Å². The summed E-state index contributed by atoms with van der Waals surface area (Å²) in [7, 11) is 0. The lowest BCUT2D eigenvalue weighted by Crippen LogP contribution is -2.36. The molecule has 3 rings (SSSR count). The van der Waals surface area contributed by atoms with Crippen molar-refractivity contribution < 1.29 is 14.3 Å². The predicted molar refractivity (Wildman–Crippen MR) is 136 cm³/mol. The van der Waals surface area contributed by atoms with Crippen LogP contribution in [0.1, 0.15) is 89.9 Å². The molecule has 0 aromatic carbocycles.